The molecular formula is C25H34FN3O2. The molecule has 0 bridgehead atoms. The average molecular weight is 428 g/mol. The molecule has 2 aromatic carbocycles. The maximum absolute atomic E-state index is 13.7. The van der Waals surface area contributed by atoms with Crippen LogP contribution in [0.25, 0.3) is 0 Å². The molecule has 2 aromatic rings. The monoisotopic (exact) mass is 427 g/mol. The average Bonchev–Trinajstić information content (AvgIpc) is 2.76. The van der Waals surface area contributed by atoms with Crippen LogP contribution in [-0.4, -0.2) is 48.6 Å². The second kappa shape index (κ2) is 11.1. The van der Waals surface area contributed by atoms with E-state index in [-0.39, 0.29) is 17.9 Å². The van der Waals surface area contributed by atoms with E-state index in [1.807, 2.05) is 35.2 Å². The topological polar surface area (TPSA) is 44.8 Å². The Morgan fingerprint density at radius 2 is 1.87 bits per heavy atom. The lowest BCUT2D eigenvalue weighted by molar-refractivity contribution is 0.127. The van der Waals surface area contributed by atoms with E-state index >= 15 is 0 Å². The van der Waals surface area contributed by atoms with Gasteiger partial charge in [0.25, 0.3) is 0 Å². The number of carbonyl (C=O) groups is 1. The van der Waals surface area contributed by atoms with E-state index in [1.165, 1.54) is 12.1 Å². The number of benzene rings is 2. The van der Waals surface area contributed by atoms with Crippen LogP contribution in [0.4, 0.5) is 9.18 Å². The van der Waals surface area contributed by atoms with Crippen LogP contribution < -0.4 is 10.1 Å². The summed E-state index contributed by atoms with van der Waals surface area (Å²) in [6.45, 7) is 7.66. The van der Waals surface area contributed by atoms with Crippen LogP contribution in [0, 0.1) is 11.7 Å². The number of halogens is 1. The number of ether oxygens (including phenoxy) is 1. The third kappa shape index (κ3) is 7.24. The van der Waals surface area contributed by atoms with Gasteiger partial charge in [0.2, 0.25) is 0 Å². The van der Waals surface area contributed by atoms with Gasteiger partial charge in [-0.2, -0.15) is 0 Å². The summed E-state index contributed by atoms with van der Waals surface area (Å²) in [5.74, 6) is 1.03. The Labute approximate surface area is 185 Å². The molecule has 0 spiro atoms. The Hall–Kier alpha value is -2.60. The quantitative estimate of drug-likeness (QED) is 0.666. The minimum Gasteiger partial charge on any atom is -0.493 e. The van der Waals surface area contributed by atoms with E-state index in [1.54, 1.807) is 6.07 Å². The van der Waals surface area contributed by atoms with Gasteiger partial charge < -0.3 is 19.9 Å². The summed E-state index contributed by atoms with van der Waals surface area (Å²) in [6.07, 6.45) is 1.84. The first-order valence-corrected chi connectivity index (χ1v) is 11.1. The highest BCUT2D eigenvalue weighted by atomic mass is 19.1. The molecule has 0 saturated carbocycles. The number of carbonyl (C=O) groups excluding carboxylic acids is 1. The van der Waals surface area contributed by atoms with Gasteiger partial charge >= 0.3 is 6.03 Å². The van der Waals surface area contributed by atoms with Gasteiger partial charge in [0.1, 0.15) is 11.6 Å². The van der Waals surface area contributed by atoms with E-state index in [9.17, 15) is 9.18 Å². The maximum Gasteiger partial charge on any atom is 0.318 e. The fourth-order valence-corrected chi connectivity index (χ4v) is 3.75. The van der Waals surface area contributed by atoms with Gasteiger partial charge in [-0.1, -0.05) is 38.1 Å². The molecule has 3 rings (SSSR count). The fraction of sp³-hybridized carbons (Fsp3) is 0.480. The number of amides is 2. The van der Waals surface area contributed by atoms with Crippen molar-refractivity contribution >= 4 is 6.03 Å². The van der Waals surface area contributed by atoms with Crippen LogP contribution in [0.3, 0.4) is 0 Å². The van der Waals surface area contributed by atoms with Gasteiger partial charge in [-0.15, -0.1) is 0 Å². The van der Waals surface area contributed by atoms with Crippen molar-refractivity contribution < 1.29 is 13.9 Å². The third-order valence-electron chi connectivity index (χ3n) is 5.58. The largest absolute Gasteiger partial charge is 0.493 e. The summed E-state index contributed by atoms with van der Waals surface area (Å²) in [6, 6.07) is 14.3. The number of likely N-dealkylation sites (tertiary alicyclic amines) is 1. The van der Waals surface area contributed by atoms with E-state index in [4.69, 9.17) is 4.74 Å². The van der Waals surface area contributed by atoms with Crippen molar-refractivity contribution in [3.05, 3.63) is 65.5 Å². The Bertz CT molecular complexity index is 833. The van der Waals surface area contributed by atoms with Crippen LogP contribution in [-0.2, 0) is 13.1 Å². The zero-order chi connectivity index (χ0) is 22.2. The molecule has 0 aromatic heterocycles. The molecule has 1 saturated heterocycles. The van der Waals surface area contributed by atoms with Crippen molar-refractivity contribution in [1.82, 2.24) is 15.1 Å². The summed E-state index contributed by atoms with van der Waals surface area (Å²) >= 11 is 0. The van der Waals surface area contributed by atoms with Gasteiger partial charge in [0, 0.05) is 19.1 Å². The van der Waals surface area contributed by atoms with E-state index in [2.05, 4.69) is 31.1 Å². The molecule has 6 heteroatoms. The zero-order valence-electron chi connectivity index (χ0n) is 18.8. The van der Waals surface area contributed by atoms with Crippen LogP contribution in [0.15, 0.2) is 48.5 Å². The van der Waals surface area contributed by atoms with Crippen LogP contribution in [0.1, 0.15) is 37.8 Å². The lowest BCUT2D eigenvalue weighted by Crippen LogP contribution is -2.49. The summed E-state index contributed by atoms with van der Waals surface area (Å²) in [5, 5.41) is 3.05. The molecule has 1 N–H and O–H groups in total. The number of nitrogens with one attached hydrogen (secondary N) is 1. The van der Waals surface area contributed by atoms with Crippen LogP contribution in [0.2, 0.25) is 0 Å². The summed E-state index contributed by atoms with van der Waals surface area (Å²) < 4.78 is 19.4. The lowest BCUT2D eigenvalue weighted by Gasteiger charge is -2.37. The Kier molecular flexibility index (Phi) is 8.29. The number of hydrogen-bond donors (Lipinski definition) is 1. The SMILES string of the molecule is CC(C)COc1ccc(CNC(=O)N(Cc2cccc(F)c2)C2CCN(C)CC2)cc1. The third-order valence-corrected chi connectivity index (χ3v) is 5.58. The van der Waals surface area contributed by atoms with Crippen LogP contribution >= 0.6 is 0 Å². The number of piperidine rings is 1. The van der Waals surface area contributed by atoms with Crippen molar-refractivity contribution in [3.8, 4) is 5.75 Å². The molecule has 168 valence electrons. The minimum absolute atomic E-state index is 0.112. The number of hydrogen-bond acceptors (Lipinski definition) is 3. The molecule has 1 fully saturated rings. The summed E-state index contributed by atoms with van der Waals surface area (Å²) in [5.41, 5.74) is 1.82. The molecule has 0 aliphatic carbocycles. The van der Waals surface area contributed by atoms with Crippen LogP contribution in [0.5, 0.6) is 5.75 Å². The van der Waals surface area contributed by atoms with Crippen molar-refractivity contribution in [2.24, 2.45) is 5.92 Å². The van der Waals surface area contributed by atoms with Gasteiger partial charge in [-0.25, -0.2) is 9.18 Å². The van der Waals surface area contributed by atoms with Gasteiger partial charge in [0.05, 0.1) is 6.61 Å². The zero-order valence-corrected chi connectivity index (χ0v) is 18.8. The first kappa shape index (κ1) is 23.1. The molecular weight excluding hydrogens is 393 g/mol. The molecule has 31 heavy (non-hydrogen) atoms. The minimum atomic E-state index is -0.277. The van der Waals surface area contributed by atoms with Crippen molar-refractivity contribution in [1.29, 1.82) is 0 Å². The van der Waals surface area contributed by atoms with Gasteiger partial charge in [-0.05, 0) is 74.3 Å². The molecule has 1 aliphatic heterocycles. The summed E-state index contributed by atoms with van der Waals surface area (Å²) in [7, 11) is 2.10. The molecule has 5 nitrogen and oxygen atoms in total. The number of urea groups is 1. The predicted molar refractivity (Wildman–Crippen MR) is 121 cm³/mol. The molecule has 1 aliphatic rings. The Morgan fingerprint density at radius 1 is 1.16 bits per heavy atom. The predicted octanol–water partition coefficient (Wildman–Crippen LogP) is 4.67. The fourth-order valence-electron chi connectivity index (χ4n) is 3.75. The highest BCUT2D eigenvalue weighted by molar-refractivity contribution is 5.74. The Morgan fingerprint density at radius 3 is 2.52 bits per heavy atom. The molecule has 0 atom stereocenters. The van der Waals surface area contributed by atoms with E-state index in [0.717, 1.165) is 42.8 Å². The number of nitrogens with zero attached hydrogens (tertiary/aromatic N) is 2. The molecule has 0 unspecified atom stereocenters. The highest BCUT2D eigenvalue weighted by Crippen LogP contribution is 2.20. The highest BCUT2D eigenvalue weighted by Gasteiger charge is 2.27. The summed E-state index contributed by atoms with van der Waals surface area (Å²) in [4.78, 5) is 17.3. The normalized spacial score (nSPS) is 15.1. The second-order valence-corrected chi connectivity index (χ2v) is 8.80. The molecule has 2 amide bonds. The first-order valence-electron chi connectivity index (χ1n) is 11.1. The van der Waals surface area contributed by atoms with Gasteiger partial charge in [0.15, 0.2) is 0 Å². The molecule has 1 heterocycles. The number of rotatable bonds is 8. The first-order chi connectivity index (χ1) is 14.9. The van der Waals surface area contributed by atoms with Gasteiger partial charge in [-0.3, -0.25) is 0 Å². The van der Waals surface area contributed by atoms with E-state index < -0.39 is 0 Å². The van der Waals surface area contributed by atoms with E-state index in [0.29, 0.717) is 25.6 Å². The van der Waals surface area contributed by atoms with Crippen molar-refractivity contribution in [2.75, 3.05) is 26.7 Å². The second-order valence-electron chi connectivity index (χ2n) is 8.80. The molecule has 0 radical (unpaired) electrons. The van der Waals surface area contributed by atoms with Crippen molar-refractivity contribution in [3.63, 3.8) is 0 Å². The maximum atomic E-state index is 13.7. The smallest absolute Gasteiger partial charge is 0.318 e. The van der Waals surface area contributed by atoms with Crippen molar-refractivity contribution in [2.45, 2.75) is 45.8 Å². The standard InChI is InChI=1S/C25H34FN3O2/c1-19(2)18-31-24-9-7-20(8-10-24)16-27-25(30)29(23-11-13-28(3)14-12-23)17-21-5-4-6-22(26)15-21/h4-10,15,19,23H,11-14,16-18H2,1-3H3,(H,27,30). The Balaban J connectivity index is 1.62. The lowest BCUT2D eigenvalue weighted by atomic mass is 10.0.